The van der Waals surface area contributed by atoms with Crippen molar-refractivity contribution in [1.82, 2.24) is 5.43 Å². The minimum Gasteiger partial charge on any atom is -0.497 e. The van der Waals surface area contributed by atoms with Gasteiger partial charge >= 0.3 is 0 Å². The van der Waals surface area contributed by atoms with E-state index >= 15 is 0 Å². The molecule has 0 bridgehead atoms. The minimum absolute atomic E-state index is 0.0513. The summed E-state index contributed by atoms with van der Waals surface area (Å²) < 4.78 is 33.0. The zero-order valence-corrected chi connectivity index (χ0v) is 20.5. The number of carbonyl (C=O) groups is 1. The van der Waals surface area contributed by atoms with Crippen LogP contribution in [0.15, 0.2) is 82.8 Å². The van der Waals surface area contributed by atoms with Crippen LogP contribution in [0, 0.1) is 6.92 Å². The summed E-state index contributed by atoms with van der Waals surface area (Å²) in [5.74, 6) is 0.396. The number of methoxy groups -OCH3 is 1. The lowest BCUT2D eigenvalue weighted by Crippen LogP contribution is -2.39. The normalized spacial score (nSPS) is 11.6. The number of nitrogens with one attached hydrogen (secondary N) is 1. The first-order valence-electron chi connectivity index (χ1n) is 10.9. The smallest absolute Gasteiger partial charge is 0.264 e. The third kappa shape index (κ3) is 6.23. The van der Waals surface area contributed by atoms with Crippen molar-refractivity contribution >= 4 is 27.8 Å². The lowest BCUT2D eigenvalue weighted by molar-refractivity contribution is -0.119. The molecule has 0 unspecified atom stereocenters. The van der Waals surface area contributed by atoms with Crippen LogP contribution in [0.4, 0.5) is 5.69 Å². The van der Waals surface area contributed by atoms with E-state index in [4.69, 9.17) is 4.74 Å². The molecule has 0 saturated heterocycles. The van der Waals surface area contributed by atoms with E-state index in [9.17, 15) is 13.2 Å². The summed E-state index contributed by atoms with van der Waals surface area (Å²) in [5, 5.41) is 3.99. The summed E-state index contributed by atoms with van der Waals surface area (Å²) in [6.07, 6.45) is 1.52. The molecular weight excluding hydrogens is 450 g/mol. The highest BCUT2D eigenvalue weighted by Gasteiger charge is 2.27. The molecule has 0 radical (unpaired) electrons. The van der Waals surface area contributed by atoms with E-state index in [2.05, 4.69) is 24.4 Å². The SMILES string of the molecule is COc1ccc(S(=O)(=O)N(CC(=O)N/N=C\c2ccc(C(C)C)cc2)c2ccc(C)cc2)cc1. The molecule has 0 heterocycles. The van der Waals surface area contributed by atoms with Gasteiger partial charge in [-0.1, -0.05) is 55.8 Å². The van der Waals surface area contributed by atoms with Gasteiger partial charge in [-0.15, -0.1) is 0 Å². The molecular formula is C26H29N3O4S. The Morgan fingerprint density at radius 1 is 1.00 bits per heavy atom. The Kier molecular flexibility index (Phi) is 8.07. The van der Waals surface area contributed by atoms with Crippen molar-refractivity contribution in [2.75, 3.05) is 18.0 Å². The second-order valence-corrected chi connectivity index (χ2v) is 10.00. The van der Waals surface area contributed by atoms with Gasteiger partial charge in [-0.3, -0.25) is 9.10 Å². The first kappa shape index (κ1) is 25.0. The van der Waals surface area contributed by atoms with Crippen molar-refractivity contribution in [2.24, 2.45) is 5.10 Å². The van der Waals surface area contributed by atoms with Gasteiger partial charge in [0, 0.05) is 0 Å². The lowest BCUT2D eigenvalue weighted by atomic mass is 10.0. The molecule has 0 aromatic heterocycles. The molecule has 0 spiro atoms. The number of anilines is 1. The second kappa shape index (κ2) is 11.0. The Morgan fingerprint density at radius 2 is 1.62 bits per heavy atom. The van der Waals surface area contributed by atoms with Crippen LogP contribution in [0.1, 0.15) is 36.5 Å². The van der Waals surface area contributed by atoms with Gasteiger partial charge in [0.2, 0.25) is 0 Å². The van der Waals surface area contributed by atoms with Crippen LogP contribution in [0.25, 0.3) is 0 Å². The molecule has 3 aromatic carbocycles. The number of amides is 1. The third-order valence-corrected chi connectivity index (χ3v) is 7.05. The maximum absolute atomic E-state index is 13.4. The monoisotopic (exact) mass is 479 g/mol. The molecule has 0 aliphatic heterocycles. The predicted molar refractivity (Wildman–Crippen MR) is 135 cm³/mol. The number of nitrogens with zero attached hydrogens (tertiary/aromatic N) is 2. The molecule has 3 aromatic rings. The van der Waals surface area contributed by atoms with Gasteiger partial charge < -0.3 is 4.74 Å². The number of rotatable bonds is 9. The van der Waals surface area contributed by atoms with Gasteiger partial charge in [0.15, 0.2) is 0 Å². The van der Waals surface area contributed by atoms with Crippen LogP contribution < -0.4 is 14.5 Å². The largest absolute Gasteiger partial charge is 0.497 e. The predicted octanol–water partition coefficient (Wildman–Crippen LogP) is 4.47. The average molecular weight is 480 g/mol. The highest BCUT2D eigenvalue weighted by atomic mass is 32.2. The Labute approximate surface area is 201 Å². The third-order valence-electron chi connectivity index (χ3n) is 5.26. The Hall–Kier alpha value is -3.65. The molecule has 1 amide bonds. The van der Waals surface area contributed by atoms with Crippen molar-refractivity contribution in [3.05, 3.63) is 89.5 Å². The van der Waals surface area contributed by atoms with E-state index in [1.165, 1.54) is 31.0 Å². The van der Waals surface area contributed by atoms with Gasteiger partial charge in [0.05, 0.1) is 23.9 Å². The minimum atomic E-state index is -4.01. The first-order chi connectivity index (χ1) is 16.2. The summed E-state index contributed by atoms with van der Waals surface area (Å²) in [4.78, 5) is 12.7. The van der Waals surface area contributed by atoms with E-state index in [1.54, 1.807) is 36.4 Å². The maximum atomic E-state index is 13.4. The number of hydrogen-bond acceptors (Lipinski definition) is 5. The van der Waals surface area contributed by atoms with E-state index < -0.39 is 22.5 Å². The fraction of sp³-hybridized carbons (Fsp3) is 0.231. The standard InChI is InChI=1S/C26H29N3O4S/c1-19(2)22-9-7-21(8-10-22)17-27-28-26(30)18-29(23-11-5-20(3)6-12-23)34(31,32)25-15-13-24(33-4)14-16-25/h5-17,19H,18H2,1-4H3,(H,28,30)/b27-17-. The summed E-state index contributed by atoms with van der Waals surface area (Å²) in [6.45, 7) is 5.70. The topological polar surface area (TPSA) is 88.1 Å². The number of carbonyl (C=O) groups excluding carboxylic acids is 1. The lowest BCUT2D eigenvalue weighted by Gasteiger charge is -2.24. The zero-order valence-electron chi connectivity index (χ0n) is 19.7. The molecule has 8 heteroatoms. The molecule has 0 saturated carbocycles. The van der Waals surface area contributed by atoms with E-state index in [0.717, 1.165) is 15.4 Å². The van der Waals surface area contributed by atoms with Gasteiger partial charge in [-0.25, -0.2) is 13.8 Å². The fourth-order valence-corrected chi connectivity index (χ4v) is 4.63. The van der Waals surface area contributed by atoms with Crippen LogP contribution in [-0.4, -0.2) is 34.2 Å². The molecule has 1 N–H and O–H groups in total. The first-order valence-corrected chi connectivity index (χ1v) is 12.3. The second-order valence-electron chi connectivity index (χ2n) is 8.14. The summed E-state index contributed by atoms with van der Waals surface area (Å²) in [7, 11) is -2.51. The van der Waals surface area contributed by atoms with Gasteiger partial charge in [-0.05, 0) is 60.4 Å². The van der Waals surface area contributed by atoms with E-state index in [0.29, 0.717) is 17.4 Å². The molecule has 3 rings (SSSR count). The van der Waals surface area contributed by atoms with Gasteiger partial charge in [0.25, 0.3) is 15.9 Å². The van der Waals surface area contributed by atoms with Crippen LogP contribution >= 0.6 is 0 Å². The summed E-state index contributed by atoms with van der Waals surface area (Å²) >= 11 is 0. The fourth-order valence-electron chi connectivity index (χ4n) is 3.21. The highest BCUT2D eigenvalue weighted by Crippen LogP contribution is 2.25. The molecule has 34 heavy (non-hydrogen) atoms. The maximum Gasteiger partial charge on any atom is 0.264 e. The van der Waals surface area contributed by atoms with E-state index in [-0.39, 0.29) is 4.90 Å². The Balaban J connectivity index is 1.79. The number of hydrogen-bond donors (Lipinski definition) is 1. The van der Waals surface area contributed by atoms with Crippen molar-refractivity contribution in [3.63, 3.8) is 0 Å². The molecule has 0 aliphatic rings. The summed E-state index contributed by atoms with van der Waals surface area (Å²) in [5.41, 5.74) is 5.81. The van der Waals surface area contributed by atoms with Crippen LogP contribution in [-0.2, 0) is 14.8 Å². The van der Waals surface area contributed by atoms with Gasteiger partial charge in [-0.2, -0.15) is 5.10 Å². The molecule has 178 valence electrons. The van der Waals surface area contributed by atoms with Crippen molar-refractivity contribution in [1.29, 1.82) is 0 Å². The van der Waals surface area contributed by atoms with Gasteiger partial charge in [0.1, 0.15) is 12.3 Å². The van der Waals surface area contributed by atoms with Crippen molar-refractivity contribution < 1.29 is 17.9 Å². The molecule has 0 atom stereocenters. The number of sulfonamides is 1. The number of ether oxygens (including phenoxy) is 1. The quantitative estimate of drug-likeness (QED) is 0.362. The van der Waals surface area contributed by atoms with Crippen molar-refractivity contribution in [2.45, 2.75) is 31.6 Å². The summed E-state index contributed by atoms with van der Waals surface area (Å²) in [6, 6.07) is 20.8. The number of benzene rings is 3. The molecule has 0 fully saturated rings. The Bertz CT molecular complexity index is 1230. The van der Waals surface area contributed by atoms with Crippen molar-refractivity contribution in [3.8, 4) is 5.75 Å². The van der Waals surface area contributed by atoms with Crippen LogP contribution in [0.2, 0.25) is 0 Å². The van der Waals surface area contributed by atoms with Crippen LogP contribution in [0.5, 0.6) is 5.75 Å². The van der Waals surface area contributed by atoms with E-state index in [1.807, 2.05) is 31.2 Å². The molecule has 0 aliphatic carbocycles. The Morgan fingerprint density at radius 3 is 2.18 bits per heavy atom. The zero-order chi connectivity index (χ0) is 24.7. The molecule has 7 nitrogen and oxygen atoms in total. The highest BCUT2D eigenvalue weighted by molar-refractivity contribution is 7.92. The number of aryl methyl sites for hydroxylation is 1. The average Bonchev–Trinajstić information content (AvgIpc) is 2.83. The van der Waals surface area contributed by atoms with Crippen LogP contribution in [0.3, 0.4) is 0 Å². The number of hydrazone groups is 1.